The van der Waals surface area contributed by atoms with Gasteiger partial charge < -0.3 is 14.8 Å². The third-order valence-corrected chi connectivity index (χ3v) is 3.45. The molecule has 1 heterocycles. The van der Waals surface area contributed by atoms with Gasteiger partial charge in [-0.05, 0) is 31.2 Å². The van der Waals surface area contributed by atoms with Crippen LogP contribution in [0.25, 0.3) is 0 Å². The zero-order valence-corrected chi connectivity index (χ0v) is 12.6. The van der Waals surface area contributed by atoms with Gasteiger partial charge in [-0.1, -0.05) is 34.8 Å². The highest BCUT2D eigenvalue weighted by molar-refractivity contribution is 6.41. The van der Waals surface area contributed by atoms with Crippen molar-refractivity contribution in [1.82, 2.24) is 0 Å². The highest BCUT2D eigenvalue weighted by Crippen LogP contribution is 2.36. The Balaban J connectivity index is 2.23. The van der Waals surface area contributed by atoms with Crippen LogP contribution in [0.4, 0.5) is 5.69 Å². The van der Waals surface area contributed by atoms with Gasteiger partial charge >= 0.3 is 5.97 Å². The zero-order chi connectivity index (χ0) is 14.9. The van der Waals surface area contributed by atoms with Gasteiger partial charge in [0.25, 0.3) is 0 Å². The average molecular weight is 335 g/mol. The van der Waals surface area contributed by atoms with Gasteiger partial charge in [0.15, 0.2) is 0 Å². The Labute approximate surface area is 130 Å². The van der Waals surface area contributed by atoms with Crippen LogP contribution >= 0.6 is 34.8 Å². The molecule has 2 rings (SSSR count). The van der Waals surface area contributed by atoms with Crippen molar-refractivity contribution in [1.29, 1.82) is 0 Å². The maximum absolute atomic E-state index is 10.8. The first-order chi connectivity index (χ1) is 9.38. The number of anilines is 1. The summed E-state index contributed by atoms with van der Waals surface area (Å²) in [5, 5.41) is 13.1. The second-order valence-electron chi connectivity index (χ2n) is 4.12. The van der Waals surface area contributed by atoms with Gasteiger partial charge in [0.2, 0.25) is 5.76 Å². The molecule has 20 heavy (non-hydrogen) atoms. The van der Waals surface area contributed by atoms with E-state index in [1.165, 1.54) is 6.07 Å². The summed E-state index contributed by atoms with van der Waals surface area (Å²) >= 11 is 18.0. The van der Waals surface area contributed by atoms with Crippen LogP contribution in [0.1, 0.15) is 29.3 Å². The normalized spacial score (nSPS) is 12.2. The highest BCUT2D eigenvalue weighted by atomic mass is 35.5. The molecule has 1 aromatic carbocycles. The second-order valence-corrected chi connectivity index (χ2v) is 5.37. The summed E-state index contributed by atoms with van der Waals surface area (Å²) in [4.78, 5) is 10.8. The number of furan rings is 1. The van der Waals surface area contributed by atoms with Crippen LogP contribution in [0, 0.1) is 0 Å². The van der Waals surface area contributed by atoms with Crippen molar-refractivity contribution >= 4 is 46.5 Å². The smallest absolute Gasteiger partial charge is 0.371 e. The number of carboxylic acids is 1. The molecule has 0 saturated carbocycles. The van der Waals surface area contributed by atoms with Crippen molar-refractivity contribution in [2.24, 2.45) is 0 Å². The molecule has 0 aliphatic rings. The minimum atomic E-state index is -1.12. The topological polar surface area (TPSA) is 62.5 Å². The Hall–Kier alpha value is -1.36. The summed E-state index contributed by atoms with van der Waals surface area (Å²) in [6.45, 7) is 1.80. The van der Waals surface area contributed by atoms with Crippen molar-refractivity contribution in [2.75, 3.05) is 5.32 Å². The summed E-state index contributed by atoms with van der Waals surface area (Å²) in [6.07, 6.45) is 0. The first-order valence-corrected chi connectivity index (χ1v) is 6.76. The van der Waals surface area contributed by atoms with Crippen LogP contribution in [0.2, 0.25) is 15.1 Å². The second kappa shape index (κ2) is 5.95. The molecule has 106 valence electrons. The molecule has 1 aromatic heterocycles. The van der Waals surface area contributed by atoms with Crippen LogP contribution in [-0.4, -0.2) is 11.1 Å². The van der Waals surface area contributed by atoms with E-state index in [0.29, 0.717) is 26.5 Å². The van der Waals surface area contributed by atoms with Crippen LogP contribution in [0.5, 0.6) is 0 Å². The van der Waals surface area contributed by atoms with Crippen LogP contribution < -0.4 is 5.32 Å². The minimum Gasteiger partial charge on any atom is -0.475 e. The third-order valence-electron chi connectivity index (χ3n) is 2.63. The number of carboxylic acid groups (broad SMARTS) is 1. The summed E-state index contributed by atoms with van der Waals surface area (Å²) in [7, 11) is 0. The molecule has 1 unspecified atom stereocenters. The van der Waals surface area contributed by atoms with E-state index in [2.05, 4.69) is 5.32 Å². The number of halogens is 3. The molecule has 0 spiro atoms. The number of carbonyl (C=O) groups is 1. The quantitative estimate of drug-likeness (QED) is 0.815. The van der Waals surface area contributed by atoms with Gasteiger partial charge in [-0.3, -0.25) is 0 Å². The Morgan fingerprint density at radius 1 is 1.25 bits per heavy atom. The molecule has 0 amide bonds. The van der Waals surface area contributed by atoms with Gasteiger partial charge in [-0.2, -0.15) is 0 Å². The van der Waals surface area contributed by atoms with Crippen LogP contribution in [0.3, 0.4) is 0 Å². The molecule has 4 nitrogen and oxygen atoms in total. The molecule has 0 aliphatic carbocycles. The molecule has 0 fully saturated rings. The fourth-order valence-electron chi connectivity index (χ4n) is 1.67. The zero-order valence-electron chi connectivity index (χ0n) is 10.3. The molecular formula is C13H10Cl3NO3. The van der Waals surface area contributed by atoms with Crippen molar-refractivity contribution < 1.29 is 14.3 Å². The standard InChI is InChI=1S/C13H10Cl3NO3/c1-6(10-2-3-11(20-10)13(18)19)17-12-8(15)4-7(14)5-9(12)16/h2-6,17H,1H3,(H,18,19). The molecule has 0 aliphatic heterocycles. The largest absolute Gasteiger partial charge is 0.475 e. The molecule has 7 heteroatoms. The number of hydrogen-bond acceptors (Lipinski definition) is 3. The first kappa shape index (κ1) is 15.0. The maximum Gasteiger partial charge on any atom is 0.371 e. The van der Waals surface area contributed by atoms with E-state index in [1.807, 2.05) is 0 Å². The Morgan fingerprint density at radius 3 is 2.35 bits per heavy atom. The average Bonchev–Trinajstić information content (AvgIpc) is 2.83. The fourth-order valence-corrected chi connectivity index (χ4v) is 2.59. The van der Waals surface area contributed by atoms with E-state index in [9.17, 15) is 4.79 Å². The Kier molecular flexibility index (Phi) is 4.48. The van der Waals surface area contributed by atoms with E-state index in [1.54, 1.807) is 25.1 Å². The third kappa shape index (κ3) is 3.20. The number of aromatic carboxylic acids is 1. The molecule has 2 aromatic rings. The molecule has 0 bridgehead atoms. The van der Waals surface area contributed by atoms with Crippen molar-refractivity contribution in [3.05, 3.63) is 50.9 Å². The van der Waals surface area contributed by atoms with Crippen LogP contribution in [-0.2, 0) is 0 Å². The SMILES string of the molecule is CC(Nc1c(Cl)cc(Cl)cc1Cl)c1ccc(C(=O)O)o1. The van der Waals surface area contributed by atoms with E-state index in [0.717, 1.165) is 0 Å². The molecule has 2 N–H and O–H groups in total. The highest BCUT2D eigenvalue weighted by Gasteiger charge is 2.16. The van der Waals surface area contributed by atoms with Gasteiger partial charge in [0.05, 0.1) is 21.8 Å². The number of nitrogens with one attached hydrogen (secondary N) is 1. The van der Waals surface area contributed by atoms with Gasteiger partial charge in [0, 0.05) is 5.02 Å². The predicted molar refractivity (Wildman–Crippen MR) is 79.2 cm³/mol. The number of rotatable bonds is 4. The lowest BCUT2D eigenvalue weighted by Gasteiger charge is -2.16. The Morgan fingerprint density at radius 2 is 1.85 bits per heavy atom. The summed E-state index contributed by atoms with van der Waals surface area (Å²) in [5.41, 5.74) is 0.513. The van der Waals surface area contributed by atoms with Gasteiger partial charge in [-0.25, -0.2) is 4.79 Å². The maximum atomic E-state index is 10.8. The lowest BCUT2D eigenvalue weighted by Crippen LogP contribution is -2.06. The summed E-state index contributed by atoms with van der Waals surface area (Å²) in [5.74, 6) is -0.780. The predicted octanol–water partition coefficient (Wildman–Crippen LogP) is 5.11. The lowest BCUT2D eigenvalue weighted by atomic mass is 10.2. The van der Waals surface area contributed by atoms with Crippen molar-refractivity contribution in [3.8, 4) is 0 Å². The van der Waals surface area contributed by atoms with Gasteiger partial charge in [-0.15, -0.1) is 0 Å². The molecule has 1 atom stereocenters. The first-order valence-electron chi connectivity index (χ1n) is 5.62. The number of benzene rings is 1. The minimum absolute atomic E-state index is 0.123. The fraction of sp³-hybridized carbons (Fsp3) is 0.154. The lowest BCUT2D eigenvalue weighted by molar-refractivity contribution is 0.0660. The van der Waals surface area contributed by atoms with E-state index in [4.69, 9.17) is 44.3 Å². The van der Waals surface area contributed by atoms with Gasteiger partial charge in [0.1, 0.15) is 5.76 Å². The monoisotopic (exact) mass is 333 g/mol. The molecule has 0 saturated heterocycles. The van der Waals surface area contributed by atoms with E-state index in [-0.39, 0.29) is 11.8 Å². The summed E-state index contributed by atoms with van der Waals surface area (Å²) < 4.78 is 5.21. The number of hydrogen-bond donors (Lipinski definition) is 2. The van der Waals surface area contributed by atoms with Crippen molar-refractivity contribution in [2.45, 2.75) is 13.0 Å². The van der Waals surface area contributed by atoms with Crippen LogP contribution in [0.15, 0.2) is 28.7 Å². The Bertz CT molecular complexity index is 631. The molecular weight excluding hydrogens is 325 g/mol. The van der Waals surface area contributed by atoms with E-state index >= 15 is 0 Å². The van der Waals surface area contributed by atoms with E-state index < -0.39 is 5.97 Å². The summed E-state index contributed by atoms with van der Waals surface area (Å²) in [6, 6.07) is 5.79. The van der Waals surface area contributed by atoms with Crippen molar-refractivity contribution in [3.63, 3.8) is 0 Å². The molecule has 0 radical (unpaired) electrons.